The van der Waals surface area contributed by atoms with Crippen molar-refractivity contribution < 1.29 is 81.2 Å². The molecule has 0 saturated heterocycles. The molecule has 6 nitrogen and oxygen atoms in total. The first kappa shape index (κ1) is 38.9. The van der Waals surface area contributed by atoms with E-state index in [-0.39, 0.29) is 18.6 Å². The molecule has 1 rings (SSSR count). The van der Waals surface area contributed by atoms with Crippen LogP contribution in [-0.2, 0) is 30.1 Å². The van der Waals surface area contributed by atoms with Crippen LogP contribution in [0.15, 0.2) is 18.2 Å². The van der Waals surface area contributed by atoms with E-state index in [1.54, 1.807) is 0 Å². The van der Waals surface area contributed by atoms with Crippen LogP contribution in [0, 0.1) is 0 Å². The largest absolute Gasteiger partial charge is 0.510 e. The van der Waals surface area contributed by atoms with Gasteiger partial charge in [-0.3, -0.25) is 0 Å². The molecule has 0 bridgehead atoms. The van der Waals surface area contributed by atoms with Gasteiger partial charge in [0, 0.05) is 11.1 Å². The average Bonchev–Trinajstić information content (AvgIpc) is 2.74. The summed E-state index contributed by atoms with van der Waals surface area (Å²) < 4.78 is 190. The third kappa shape index (κ3) is 8.14. The smallest absolute Gasteiger partial charge is 0.429 e. The van der Waals surface area contributed by atoms with E-state index in [0.29, 0.717) is 0 Å². The zero-order valence-corrected chi connectivity index (χ0v) is 24.5. The minimum Gasteiger partial charge on any atom is -0.429 e. The summed E-state index contributed by atoms with van der Waals surface area (Å²) in [5, 5.41) is 0. The lowest BCUT2D eigenvalue weighted by atomic mass is 9.81. The van der Waals surface area contributed by atoms with E-state index in [2.05, 4.69) is 18.9 Å². The van der Waals surface area contributed by atoms with Crippen LogP contribution in [-0.4, -0.2) is 48.2 Å². The van der Waals surface area contributed by atoms with Gasteiger partial charge in [-0.1, -0.05) is 26.0 Å². The Balaban J connectivity index is 4.47. The predicted octanol–water partition coefficient (Wildman–Crippen LogP) is 9.74. The summed E-state index contributed by atoms with van der Waals surface area (Å²) in [4.78, 5) is 24.4. The molecule has 1 aromatic rings. The zero-order valence-electron chi connectivity index (χ0n) is 24.5. The molecule has 0 heterocycles. The SMILES string of the molecule is CCC(C)c1cc(C(OC(=O)OC(C)(C)C)(C(F)(F)F)C(F)(F)F)cc(C(OC(=O)OC(C)(C)C)(C(F)(F)F)C(F)(F)F)c1. The third-order valence-corrected chi connectivity index (χ3v) is 5.80. The molecule has 1 aromatic carbocycles. The predicted molar refractivity (Wildman–Crippen MR) is 127 cm³/mol. The summed E-state index contributed by atoms with van der Waals surface area (Å²) in [5.74, 6) is -1.28. The van der Waals surface area contributed by atoms with Crippen molar-refractivity contribution in [1.82, 2.24) is 0 Å². The van der Waals surface area contributed by atoms with Crippen molar-refractivity contribution in [3.05, 3.63) is 34.9 Å². The summed E-state index contributed by atoms with van der Waals surface area (Å²) in [6.45, 7) is 8.47. The summed E-state index contributed by atoms with van der Waals surface area (Å²) in [6, 6.07) is -0.801. The van der Waals surface area contributed by atoms with E-state index < -0.39 is 88.1 Å². The molecule has 1 atom stereocenters. The second-order valence-electron chi connectivity index (χ2n) is 11.6. The molecule has 18 heteroatoms. The van der Waals surface area contributed by atoms with E-state index in [1.807, 2.05) is 0 Å². The Morgan fingerprint density at radius 1 is 0.568 bits per heavy atom. The Bertz CT molecular complexity index is 1070. The molecular weight excluding hydrogens is 636 g/mol. The number of hydrogen-bond acceptors (Lipinski definition) is 6. The lowest BCUT2D eigenvalue weighted by molar-refractivity contribution is -0.379. The summed E-state index contributed by atoms with van der Waals surface area (Å²) in [7, 11) is 0. The van der Waals surface area contributed by atoms with Crippen molar-refractivity contribution >= 4 is 12.3 Å². The van der Waals surface area contributed by atoms with Gasteiger partial charge < -0.3 is 18.9 Å². The van der Waals surface area contributed by atoms with Gasteiger partial charge in [0.05, 0.1) is 0 Å². The standard InChI is InChI=1S/C26H30F12O6/c1-9-13(2)14-10-15(21(23(27,28)29,24(30,31)32)43-17(39)41-19(3,4)5)12-16(11-14)22(25(33,34)35,26(36,37)38)44-18(40)42-20(6,7)8/h10-13H,9H2,1-8H3. The minimum atomic E-state index is -6.75. The fourth-order valence-electron chi connectivity index (χ4n) is 3.70. The van der Waals surface area contributed by atoms with Crippen molar-refractivity contribution in [3.63, 3.8) is 0 Å². The van der Waals surface area contributed by atoms with Crippen LogP contribution in [0.1, 0.15) is 84.4 Å². The first-order chi connectivity index (χ1) is 19.3. The van der Waals surface area contributed by atoms with Gasteiger partial charge in [-0.05, 0) is 65.5 Å². The van der Waals surface area contributed by atoms with E-state index in [9.17, 15) is 62.3 Å². The average molecular weight is 666 g/mol. The first-order valence-corrected chi connectivity index (χ1v) is 12.5. The van der Waals surface area contributed by atoms with E-state index in [1.165, 1.54) is 6.92 Å². The van der Waals surface area contributed by atoms with Gasteiger partial charge in [-0.25, -0.2) is 9.59 Å². The Labute approximate surface area is 243 Å². The maximum Gasteiger partial charge on any atom is 0.510 e. The molecule has 0 radical (unpaired) electrons. The molecule has 0 aliphatic heterocycles. The van der Waals surface area contributed by atoms with E-state index in [4.69, 9.17) is 0 Å². The van der Waals surface area contributed by atoms with Crippen molar-refractivity contribution in [2.75, 3.05) is 0 Å². The highest BCUT2D eigenvalue weighted by atomic mass is 19.4. The lowest BCUT2D eigenvalue weighted by Crippen LogP contribution is -2.59. The van der Waals surface area contributed by atoms with E-state index in [0.717, 1.165) is 48.5 Å². The van der Waals surface area contributed by atoms with Crippen LogP contribution in [0.2, 0.25) is 0 Å². The topological polar surface area (TPSA) is 71.1 Å². The summed E-state index contributed by atoms with van der Waals surface area (Å²) >= 11 is 0. The molecule has 1 unspecified atom stereocenters. The van der Waals surface area contributed by atoms with Crippen molar-refractivity contribution in [2.24, 2.45) is 0 Å². The van der Waals surface area contributed by atoms with Gasteiger partial charge in [0.25, 0.3) is 0 Å². The van der Waals surface area contributed by atoms with E-state index >= 15 is 0 Å². The monoisotopic (exact) mass is 666 g/mol. The van der Waals surface area contributed by atoms with Crippen molar-refractivity contribution in [1.29, 1.82) is 0 Å². The highest BCUT2D eigenvalue weighted by Gasteiger charge is 2.78. The van der Waals surface area contributed by atoms with Gasteiger partial charge in [0.15, 0.2) is 0 Å². The molecule has 0 fully saturated rings. The summed E-state index contributed by atoms with van der Waals surface area (Å²) in [5.41, 5.74) is -21.0. The van der Waals surface area contributed by atoms with Gasteiger partial charge in [0.2, 0.25) is 0 Å². The third-order valence-electron chi connectivity index (χ3n) is 5.80. The number of ether oxygens (including phenoxy) is 4. The highest BCUT2D eigenvalue weighted by Crippen LogP contribution is 2.57. The Morgan fingerprint density at radius 2 is 0.841 bits per heavy atom. The second-order valence-corrected chi connectivity index (χ2v) is 11.6. The van der Waals surface area contributed by atoms with Gasteiger partial charge in [-0.15, -0.1) is 0 Å². The number of carbonyl (C=O) groups excluding carboxylic acids is 2. The minimum absolute atomic E-state index is 0.00595. The molecular formula is C26H30F12O6. The Kier molecular flexibility index (Phi) is 10.6. The number of rotatable bonds is 6. The Hall–Kier alpha value is -3.08. The molecule has 0 saturated carbocycles. The van der Waals surface area contributed by atoms with Crippen LogP contribution in [0.3, 0.4) is 0 Å². The Morgan fingerprint density at radius 3 is 1.05 bits per heavy atom. The van der Waals surface area contributed by atoms with Crippen molar-refractivity contribution in [3.8, 4) is 0 Å². The number of hydrogen-bond donors (Lipinski definition) is 0. The van der Waals surface area contributed by atoms with Gasteiger partial charge in [-0.2, -0.15) is 52.7 Å². The molecule has 254 valence electrons. The van der Waals surface area contributed by atoms with Crippen LogP contribution in [0.25, 0.3) is 0 Å². The van der Waals surface area contributed by atoms with Crippen LogP contribution in [0.4, 0.5) is 62.3 Å². The summed E-state index contributed by atoms with van der Waals surface area (Å²) in [6.07, 6.45) is -32.4. The quantitative estimate of drug-likeness (QED) is 0.223. The molecule has 0 aliphatic rings. The molecule has 0 aliphatic carbocycles. The first-order valence-electron chi connectivity index (χ1n) is 12.5. The molecule has 0 aromatic heterocycles. The zero-order chi connectivity index (χ0) is 35.1. The number of alkyl halides is 12. The van der Waals surface area contributed by atoms with Gasteiger partial charge in [0.1, 0.15) is 11.2 Å². The normalized spacial score (nSPS) is 15.0. The second kappa shape index (κ2) is 12.0. The molecule has 0 spiro atoms. The fourth-order valence-corrected chi connectivity index (χ4v) is 3.70. The number of benzene rings is 1. The van der Waals surface area contributed by atoms with Crippen LogP contribution < -0.4 is 0 Å². The van der Waals surface area contributed by atoms with Crippen LogP contribution in [0.5, 0.6) is 0 Å². The maximum atomic E-state index is 14.5. The molecule has 0 N–H and O–H groups in total. The van der Waals surface area contributed by atoms with Gasteiger partial charge >= 0.3 is 48.2 Å². The van der Waals surface area contributed by atoms with Crippen molar-refractivity contribution in [2.45, 2.75) is 115 Å². The lowest BCUT2D eigenvalue weighted by Gasteiger charge is -2.40. The maximum absolute atomic E-state index is 14.5. The van der Waals surface area contributed by atoms with Crippen LogP contribution >= 0.6 is 0 Å². The highest BCUT2D eigenvalue weighted by molar-refractivity contribution is 5.63. The fraction of sp³-hybridized carbons (Fsp3) is 0.692. The molecule has 44 heavy (non-hydrogen) atoms. The number of halogens is 12. The molecule has 0 amide bonds. The number of carbonyl (C=O) groups is 2.